The van der Waals surface area contributed by atoms with Gasteiger partial charge in [-0.2, -0.15) is 0 Å². The molecule has 1 atom stereocenters. The Labute approximate surface area is 87.9 Å². The summed E-state index contributed by atoms with van der Waals surface area (Å²) in [4.78, 5) is 12.3. The second kappa shape index (κ2) is 4.40. The van der Waals surface area contributed by atoms with Crippen molar-refractivity contribution in [1.82, 2.24) is 5.32 Å². The van der Waals surface area contributed by atoms with E-state index >= 15 is 0 Å². The minimum absolute atomic E-state index is 0.0765. The van der Waals surface area contributed by atoms with Crippen molar-refractivity contribution < 1.29 is 14.1 Å². The van der Waals surface area contributed by atoms with E-state index in [1.54, 1.807) is 6.07 Å². The first-order valence-electron chi connectivity index (χ1n) is 5.09. The lowest BCUT2D eigenvalue weighted by atomic mass is 10.2. The van der Waals surface area contributed by atoms with E-state index in [0.29, 0.717) is 19.6 Å². The summed E-state index contributed by atoms with van der Waals surface area (Å²) in [5, 5.41) is 2.78. The van der Waals surface area contributed by atoms with Gasteiger partial charge in [0.1, 0.15) is 12.4 Å². The maximum Gasteiger partial charge on any atom is 0.275 e. The fraction of sp³-hybridized carbons (Fsp3) is 0.364. The van der Waals surface area contributed by atoms with Crippen LogP contribution in [0.4, 0.5) is 4.39 Å². The third kappa shape index (κ3) is 2.76. The highest BCUT2D eigenvalue weighted by molar-refractivity contribution is 5.77. The van der Waals surface area contributed by atoms with Gasteiger partial charge < -0.3 is 10.2 Å². The van der Waals surface area contributed by atoms with Crippen LogP contribution >= 0.6 is 0 Å². The molecule has 0 aromatic heterocycles. The zero-order valence-corrected chi connectivity index (χ0v) is 8.42. The molecule has 4 heteroatoms. The molecule has 1 aliphatic heterocycles. The summed E-state index contributed by atoms with van der Waals surface area (Å²) in [6.45, 7) is 2.81. The van der Waals surface area contributed by atoms with Gasteiger partial charge in [-0.05, 0) is 12.1 Å². The van der Waals surface area contributed by atoms with E-state index in [0.717, 1.165) is 12.1 Å². The minimum Gasteiger partial charge on any atom is -0.346 e. The molecule has 0 spiro atoms. The van der Waals surface area contributed by atoms with Gasteiger partial charge in [-0.3, -0.25) is 4.79 Å². The molecule has 1 saturated heterocycles. The molecule has 1 aromatic rings. The first-order chi connectivity index (χ1) is 7.24. The van der Waals surface area contributed by atoms with Crippen molar-refractivity contribution in [1.29, 1.82) is 0 Å². The summed E-state index contributed by atoms with van der Waals surface area (Å²) >= 11 is 0. The lowest BCUT2D eigenvalue weighted by Gasteiger charge is -2.23. The topological polar surface area (TPSA) is 33.5 Å². The molecule has 1 fully saturated rings. The number of nitrogens with one attached hydrogen (secondary N) is 2. The quantitative estimate of drug-likeness (QED) is 0.666. The van der Waals surface area contributed by atoms with E-state index in [2.05, 4.69) is 5.32 Å². The third-order valence-corrected chi connectivity index (χ3v) is 2.55. The molecule has 0 radical (unpaired) electrons. The Bertz CT molecular complexity index is 367. The van der Waals surface area contributed by atoms with E-state index in [-0.39, 0.29) is 11.7 Å². The molecule has 2 rings (SSSR count). The van der Waals surface area contributed by atoms with Crippen LogP contribution in [0.15, 0.2) is 24.3 Å². The van der Waals surface area contributed by atoms with E-state index < -0.39 is 0 Å². The monoisotopic (exact) mass is 209 g/mol. The van der Waals surface area contributed by atoms with Crippen molar-refractivity contribution in [2.24, 2.45) is 0 Å². The van der Waals surface area contributed by atoms with E-state index in [1.165, 1.54) is 17.0 Å². The summed E-state index contributed by atoms with van der Waals surface area (Å²) < 4.78 is 12.9. The number of hydrogen-bond acceptors (Lipinski definition) is 1. The molecule has 1 aromatic carbocycles. The molecule has 0 saturated carbocycles. The molecule has 1 aliphatic rings. The predicted molar refractivity (Wildman–Crippen MR) is 53.8 cm³/mol. The summed E-state index contributed by atoms with van der Waals surface area (Å²) in [7, 11) is 0. The fourth-order valence-electron chi connectivity index (χ4n) is 1.84. The SMILES string of the molecule is O=C1C[NH+](Cc2cccc(F)c2)CCN1. The highest BCUT2D eigenvalue weighted by atomic mass is 19.1. The summed E-state index contributed by atoms with van der Waals surface area (Å²) in [5.74, 6) is -0.138. The van der Waals surface area contributed by atoms with Crippen LogP contribution in [0, 0.1) is 5.82 Å². The molecule has 0 bridgehead atoms. The van der Waals surface area contributed by atoms with Gasteiger partial charge in [0.05, 0.1) is 13.1 Å². The molecule has 1 unspecified atom stereocenters. The molecule has 1 heterocycles. The van der Waals surface area contributed by atoms with Crippen LogP contribution in [0.25, 0.3) is 0 Å². The van der Waals surface area contributed by atoms with Crippen LogP contribution in [0.5, 0.6) is 0 Å². The summed E-state index contributed by atoms with van der Waals surface area (Å²) in [5.41, 5.74) is 0.944. The second-order valence-corrected chi connectivity index (χ2v) is 3.83. The first kappa shape index (κ1) is 10.1. The van der Waals surface area contributed by atoms with Crippen LogP contribution in [0.2, 0.25) is 0 Å². The summed E-state index contributed by atoms with van der Waals surface area (Å²) in [6.07, 6.45) is 0. The zero-order chi connectivity index (χ0) is 10.7. The number of hydrogen-bond donors (Lipinski definition) is 2. The Morgan fingerprint density at radius 2 is 2.33 bits per heavy atom. The van der Waals surface area contributed by atoms with Crippen LogP contribution in [0.1, 0.15) is 5.56 Å². The van der Waals surface area contributed by atoms with Crippen molar-refractivity contribution in [3.8, 4) is 0 Å². The van der Waals surface area contributed by atoms with Gasteiger partial charge in [0.2, 0.25) is 0 Å². The average Bonchev–Trinajstić information content (AvgIpc) is 2.17. The van der Waals surface area contributed by atoms with Crippen molar-refractivity contribution in [3.05, 3.63) is 35.6 Å². The number of halogens is 1. The third-order valence-electron chi connectivity index (χ3n) is 2.55. The lowest BCUT2D eigenvalue weighted by molar-refractivity contribution is -0.907. The van der Waals surface area contributed by atoms with E-state index in [9.17, 15) is 9.18 Å². The predicted octanol–water partition coefficient (Wildman–Crippen LogP) is -0.660. The molecule has 3 nitrogen and oxygen atoms in total. The number of benzene rings is 1. The number of amides is 1. The molecular weight excluding hydrogens is 195 g/mol. The molecule has 0 aliphatic carbocycles. The van der Waals surface area contributed by atoms with Crippen molar-refractivity contribution in [2.45, 2.75) is 6.54 Å². The number of piperazine rings is 1. The average molecular weight is 209 g/mol. The van der Waals surface area contributed by atoms with Gasteiger partial charge in [-0.25, -0.2) is 4.39 Å². The summed E-state index contributed by atoms with van der Waals surface area (Å²) in [6, 6.07) is 6.55. The largest absolute Gasteiger partial charge is 0.346 e. The van der Waals surface area contributed by atoms with E-state index in [1.807, 2.05) is 6.07 Å². The number of carbonyl (C=O) groups is 1. The van der Waals surface area contributed by atoms with Gasteiger partial charge in [0.15, 0.2) is 6.54 Å². The fourth-order valence-corrected chi connectivity index (χ4v) is 1.84. The standard InChI is InChI=1S/C11H13FN2O/c12-10-3-1-2-9(6-10)7-14-5-4-13-11(15)8-14/h1-3,6H,4-5,7-8H2,(H,13,15)/p+1. The molecular formula is C11H14FN2O+. The van der Waals surface area contributed by atoms with Crippen LogP contribution in [-0.2, 0) is 11.3 Å². The highest BCUT2D eigenvalue weighted by Gasteiger charge is 2.19. The molecule has 2 N–H and O–H groups in total. The Balaban J connectivity index is 1.99. The Kier molecular flexibility index (Phi) is 2.97. The molecule has 1 amide bonds. The van der Waals surface area contributed by atoms with E-state index in [4.69, 9.17) is 0 Å². The van der Waals surface area contributed by atoms with Crippen molar-refractivity contribution >= 4 is 5.91 Å². The normalized spacial score (nSPS) is 21.1. The maximum absolute atomic E-state index is 12.9. The van der Waals surface area contributed by atoms with Crippen LogP contribution < -0.4 is 10.2 Å². The Hall–Kier alpha value is -1.42. The van der Waals surface area contributed by atoms with Gasteiger partial charge in [-0.1, -0.05) is 12.1 Å². The number of rotatable bonds is 2. The lowest BCUT2D eigenvalue weighted by Crippen LogP contribution is -3.14. The highest BCUT2D eigenvalue weighted by Crippen LogP contribution is 2.01. The zero-order valence-electron chi connectivity index (χ0n) is 8.42. The van der Waals surface area contributed by atoms with Crippen molar-refractivity contribution in [3.63, 3.8) is 0 Å². The number of quaternary nitrogens is 1. The first-order valence-corrected chi connectivity index (χ1v) is 5.09. The van der Waals surface area contributed by atoms with Crippen LogP contribution in [0.3, 0.4) is 0 Å². The second-order valence-electron chi connectivity index (χ2n) is 3.83. The Morgan fingerprint density at radius 3 is 3.07 bits per heavy atom. The maximum atomic E-state index is 12.9. The van der Waals surface area contributed by atoms with Crippen molar-refractivity contribution in [2.75, 3.05) is 19.6 Å². The minimum atomic E-state index is -0.214. The smallest absolute Gasteiger partial charge is 0.275 e. The molecule has 80 valence electrons. The van der Waals surface area contributed by atoms with Crippen LogP contribution in [-0.4, -0.2) is 25.5 Å². The van der Waals surface area contributed by atoms with Gasteiger partial charge >= 0.3 is 0 Å². The van der Waals surface area contributed by atoms with Gasteiger partial charge in [0, 0.05) is 5.56 Å². The number of carbonyl (C=O) groups excluding carboxylic acids is 1. The Morgan fingerprint density at radius 1 is 1.47 bits per heavy atom. The van der Waals surface area contributed by atoms with Gasteiger partial charge in [-0.15, -0.1) is 0 Å². The molecule has 15 heavy (non-hydrogen) atoms. The van der Waals surface area contributed by atoms with Gasteiger partial charge in [0.25, 0.3) is 5.91 Å².